The molecule has 0 bridgehead atoms. The van der Waals surface area contributed by atoms with E-state index in [0.717, 1.165) is 17.5 Å². The summed E-state index contributed by atoms with van der Waals surface area (Å²) in [5, 5.41) is 11.9. The number of carbonyl (C=O) groups is 1. The summed E-state index contributed by atoms with van der Waals surface area (Å²) in [6.45, 7) is 2.45. The fourth-order valence-electron chi connectivity index (χ4n) is 1.94. The number of aryl methyl sites for hydroxylation is 1. The first-order chi connectivity index (χ1) is 10.7. The number of hydrogen-bond acceptors (Lipinski definition) is 3. The highest BCUT2D eigenvalue weighted by Crippen LogP contribution is 2.10. The summed E-state index contributed by atoms with van der Waals surface area (Å²) in [5.41, 5.74) is 3.09. The minimum atomic E-state index is -0.376. The van der Waals surface area contributed by atoms with E-state index >= 15 is 0 Å². The van der Waals surface area contributed by atoms with E-state index in [2.05, 4.69) is 17.2 Å². The summed E-state index contributed by atoms with van der Waals surface area (Å²) >= 11 is 0. The van der Waals surface area contributed by atoms with Crippen LogP contribution in [0.5, 0.6) is 0 Å². The van der Waals surface area contributed by atoms with Crippen molar-refractivity contribution < 1.29 is 4.79 Å². The van der Waals surface area contributed by atoms with Crippen molar-refractivity contribution >= 4 is 12.0 Å². The summed E-state index contributed by atoms with van der Waals surface area (Å²) in [6.07, 6.45) is 5.89. The summed E-state index contributed by atoms with van der Waals surface area (Å²) in [4.78, 5) is 16.0. The number of carbonyl (C=O) groups excluding carboxylic acids is 1. The van der Waals surface area contributed by atoms with Crippen molar-refractivity contribution in [2.24, 2.45) is 0 Å². The molecule has 2 rings (SSSR count). The van der Waals surface area contributed by atoms with Crippen molar-refractivity contribution in [1.82, 2.24) is 10.3 Å². The second-order valence-corrected chi connectivity index (χ2v) is 4.80. The summed E-state index contributed by atoms with van der Waals surface area (Å²) in [5.74, 6) is -0.376. The average molecular weight is 291 g/mol. The van der Waals surface area contributed by atoms with Gasteiger partial charge in [0.25, 0.3) is 5.91 Å². The van der Waals surface area contributed by atoms with Gasteiger partial charge in [0.15, 0.2) is 0 Å². The Balaban J connectivity index is 2.04. The van der Waals surface area contributed by atoms with Gasteiger partial charge in [0.05, 0.1) is 0 Å². The number of aromatic nitrogens is 1. The third-order valence-electron chi connectivity index (χ3n) is 3.27. The van der Waals surface area contributed by atoms with Crippen molar-refractivity contribution in [3.05, 3.63) is 71.1 Å². The van der Waals surface area contributed by atoms with Crippen LogP contribution in [-0.4, -0.2) is 10.9 Å². The lowest BCUT2D eigenvalue weighted by Crippen LogP contribution is -2.23. The van der Waals surface area contributed by atoms with Crippen molar-refractivity contribution in [2.75, 3.05) is 0 Å². The molecule has 0 saturated heterocycles. The van der Waals surface area contributed by atoms with Crippen LogP contribution >= 0.6 is 0 Å². The molecule has 1 amide bonds. The topological polar surface area (TPSA) is 65.8 Å². The Bertz CT molecular complexity index is 697. The summed E-state index contributed by atoms with van der Waals surface area (Å²) in [6, 6.07) is 13.4. The molecule has 0 fully saturated rings. The first-order valence-electron chi connectivity index (χ1n) is 7.10. The lowest BCUT2D eigenvalue weighted by Gasteiger charge is -2.04. The molecule has 0 radical (unpaired) electrons. The predicted octanol–water partition coefficient (Wildman–Crippen LogP) is 2.87. The number of pyridine rings is 1. The maximum Gasteiger partial charge on any atom is 0.262 e. The van der Waals surface area contributed by atoms with Crippen LogP contribution in [0.3, 0.4) is 0 Å². The smallest absolute Gasteiger partial charge is 0.262 e. The molecule has 1 aromatic carbocycles. The maximum atomic E-state index is 12.1. The normalized spacial score (nSPS) is 10.8. The van der Waals surface area contributed by atoms with E-state index in [4.69, 9.17) is 5.26 Å². The summed E-state index contributed by atoms with van der Waals surface area (Å²) < 4.78 is 0. The van der Waals surface area contributed by atoms with Gasteiger partial charge in [-0.05, 0) is 41.3 Å². The van der Waals surface area contributed by atoms with Crippen LogP contribution < -0.4 is 5.32 Å². The molecular formula is C18H17N3O. The van der Waals surface area contributed by atoms with Gasteiger partial charge >= 0.3 is 0 Å². The molecule has 2 aromatic rings. The van der Waals surface area contributed by atoms with Crippen LogP contribution in [0.25, 0.3) is 6.08 Å². The second-order valence-electron chi connectivity index (χ2n) is 4.80. The number of amides is 1. The van der Waals surface area contributed by atoms with E-state index in [0.29, 0.717) is 6.54 Å². The number of benzene rings is 1. The van der Waals surface area contributed by atoms with Gasteiger partial charge in [-0.25, -0.2) is 0 Å². The molecular weight excluding hydrogens is 274 g/mol. The second kappa shape index (κ2) is 7.75. The van der Waals surface area contributed by atoms with Crippen LogP contribution in [0, 0.1) is 11.3 Å². The van der Waals surface area contributed by atoms with Gasteiger partial charge in [0.1, 0.15) is 11.6 Å². The van der Waals surface area contributed by atoms with Gasteiger partial charge < -0.3 is 5.32 Å². The highest BCUT2D eigenvalue weighted by molar-refractivity contribution is 6.01. The van der Waals surface area contributed by atoms with Gasteiger partial charge in [-0.3, -0.25) is 9.78 Å². The minimum Gasteiger partial charge on any atom is -0.347 e. The molecule has 4 heteroatoms. The van der Waals surface area contributed by atoms with E-state index in [1.54, 1.807) is 18.5 Å². The SMILES string of the molecule is CCc1ccc(/C=C(\C#N)C(=O)NCc2ccncc2)cc1. The van der Waals surface area contributed by atoms with Crippen LogP contribution in [0.4, 0.5) is 0 Å². The predicted molar refractivity (Wildman–Crippen MR) is 85.5 cm³/mol. The number of nitrogens with one attached hydrogen (secondary N) is 1. The van der Waals surface area contributed by atoms with Gasteiger partial charge in [-0.2, -0.15) is 5.26 Å². The molecule has 110 valence electrons. The van der Waals surface area contributed by atoms with Gasteiger partial charge in [0, 0.05) is 18.9 Å². The molecule has 4 nitrogen and oxygen atoms in total. The Morgan fingerprint density at radius 1 is 1.18 bits per heavy atom. The van der Waals surface area contributed by atoms with Gasteiger partial charge in [-0.15, -0.1) is 0 Å². The molecule has 0 aliphatic heterocycles. The van der Waals surface area contributed by atoms with E-state index in [1.165, 1.54) is 5.56 Å². The quantitative estimate of drug-likeness (QED) is 0.680. The molecule has 22 heavy (non-hydrogen) atoms. The molecule has 0 spiro atoms. The molecule has 0 atom stereocenters. The lowest BCUT2D eigenvalue weighted by molar-refractivity contribution is -0.117. The molecule has 0 aliphatic carbocycles. The van der Waals surface area contributed by atoms with Crippen molar-refractivity contribution in [3.63, 3.8) is 0 Å². The van der Waals surface area contributed by atoms with Crippen LogP contribution in [0.1, 0.15) is 23.6 Å². The average Bonchev–Trinajstić information content (AvgIpc) is 2.59. The number of rotatable bonds is 5. The zero-order valence-corrected chi connectivity index (χ0v) is 12.4. The lowest BCUT2D eigenvalue weighted by atomic mass is 10.1. The van der Waals surface area contributed by atoms with E-state index in [-0.39, 0.29) is 11.5 Å². The fraction of sp³-hybridized carbons (Fsp3) is 0.167. The van der Waals surface area contributed by atoms with Crippen LogP contribution in [0.2, 0.25) is 0 Å². The largest absolute Gasteiger partial charge is 0.347 e. The van der Waals surface area contributed by atoms with Crippen LogP contribution in [0.15, 0.2) is 54.4 Å². The van der Waals surface area contributed by atoms with E-state index in [9.17, 15) is 4.79 Å². The van der Waals surface area contributed by atoms with Crippen molar-refractivity contribution in [1.29, 1.82) is 5.26 Å². The first kappa shape index (κ1) is 15.5. The first-order valence-corrected chi connectivity index (χ1v) is 7.10. The monoisotopic (exact) mass is 291 g/mol. The third-order valence-corrected chi connectivity index (χ3v) is 3.27. The fourth-order valence-corrected chi connectivity index (χ4v) is 1.94. The number of nitrogens with zero attached hydrogens (tertiary/aromatic N) is 2. The zero-order valence-electron chi connectivity index (χ0n) is 12.4. The molecule has 0 unspecified atom stereocenters. The van der Waals surface area contributed by atoms with Crippen LogP contribution in [-0.2, 0) is 17.8 Å². The third kappa shape index (κ3) is 4.29. The molecule has 1 heterocycles. The molecule has 1 N–H and O–H groups in total. The van der Waals surface area contributed by atoms with Crippen molar-refractivity contribution in [2.45, 2.75) is 19.9 Å². The standard InChI is InChI=1S/C18H17N3O/c1-2-14-3-5-15(6-4-14)11-17(12-19)18(22)21-13-16-7-9-20-10-8-16/h3-11H,2,13H2,1H3,(H,21,22)/b17-11+. The van der Waals surface area contributed by atoms with E-state index < -0.39 is 0 Å². The Kier molecular flexibility index (Phi) is 5.44. The van der Waals surface area contributed by atoms with Gasteiger partial charge in [-0.1, -0.05) is 31.2 Å². The Morgan fingerprint density at radius 3 is 2.45 bits per heavy atom. The minimum absolute atomic E-state index is 0.0957. The highest BCUT2D eigenvalue weighted by atomic mass is 16.1. The van der Waals surface area contributed by atoms with Crippen molar-refractivity contribution in [3.8, 4) is 6.07 Å². The Morgan fingerprint density at radius 2 is 1.86 bits per heavy atom. The van der Waals surface area contributed by atoms with E-state index in [1.807, 2.05) is 42.5 Å². The number of nitriles is 1. The highest BCUT2D eigenvalue weighted by Gasteiger charge is 2.08. The summed E-state index contributed by atoms with van der Waals surface area (Å²) in [7, 11) is 0. The van der Waals surface area contributed by atoms with Gasteiger partial charge in [0.2, 0.25) is 0 Å². The molecule has 0 aliphatic rings. The maximum absolute atomic E-state index is 12.1. The molecule has 1 aromatic heterocycles. The number of hydrogen-bond donors (Lipinski definition) is 1. The zero-order chi connectivity index (χ0) is 15.8. The Hall–Kier alpha value is -2.93. The Labute approximate surface area is 130 Å². The molecule has 0 saturated carbocycles.